The lowest BCUT2D eigenvalue weighted by Gasteiger charge is -2.23. The van der Waals surface area contributed by atoms with E-state index in [2.05, 4.69) is 34.7 Å². The largest absolute Gasteiger partial charge is 0.384 e. The fourth-order valence-corrected chi connectivity index (χ4v) is 4.68. The molecule has 0 fully saturated rings. The highest BCUT2D eigenvalue weighted by atomic mass is 19.1. The van der Waals surface area contributed by atoms with Gasteiger partial charge in [0.1, 0.15) is 12.0 Å². The zero-order valence-electron chi connectivity index (χ0n) is 20.0. The maximum Gasteiger partial charge on any atom is 0.256 e. The summed E-state index contributed by atoms with van der Waals surface area (Å²) in [6.45, 7) is 10.4. The molecule has 4 N–H and O–H groups in total. The molecular formula is C27H33FN4O2. The van der Waals surface area contributed by atoms with Crippen LogP contribution in [0.3, 0.4) is 0 Å². The Kier molecular flexibility index (Phi) is 7.46. The number of nitrogens with one attached hydrogen (secondary N) is 3. The van der Waals surface area contributed by atoms with Crippen LogP contribution in [-0.2, 0) is 4.79 Å². The molecule has 2 aromatic carbocycles. The number of halogens is 1. The fourth-order valence-electron chi connectivity index (χ4n) is 4.68. The van der Waals surface area contributed by atoms with Crippen molar-refractivity contribution >= 4 is 17.2 Å². The molecule has 2 aromatic rings. The van der Waals surface area contributed by atoms with Gasteiger partial charge in [-0.25, -0.2) is 4.39 Å². The van der Waals surface area contributed by atoms with E-state index in [0.29, 0.717) is 18.7 Å². The average molecular weight is 465 g/mol. The van der Waals surface area contributed by atoms with Gasteiger partial charge in [-0.3, -0.25) is 10.1 Å². The van der Waals surface area contributed by atoms with E-state index >= 15 is 0 Å². The Morgan fingerprint density at radius 1 is 1.21 bits per heavy atom. The molecule has 4 rings (SSSR count). The Bertz CT molecular complexity index is 1110. The molecule has 2 heterocycles. The van der Waals surface area contributed by atoms with Crippen LogP contribution in [0.4, 0.5) is 10.1 Å². The van der Waals surface area contributed by atoms with Gasteiger partial charge in [-0.05, 0) is 61.0 Å². The molecule has 0 bridgehead atoms. The number of rotatable bonds is 9. The van der Waals surface area contributed by atoms with Crippen molar-refractivity contribution < 1.29 is 14.3 Å². The third kappa shape index (κ3) is 4.92. The van der Waals surface area contributed by atoms with E-state index in [4.69, 9.17) is 0 Å². The Balaban J connectivity index is 1.58. The number of aliphatic hydroxyl groups is 1. The first-order valence-electron chi connectivity index (χ1n) is 11.9. The first kappa shape index (κ1) is 24.1. The summed E-state index contributed by atoms with van der Waals surface area (Å²) in [7, 11) is 0. The highest BCUT2D eigenvalue weighted by molar-refractivity contribution is 6.33. The summed E-state index contributed by atoms with van der Waals surface area (Å²) in [4.78, 5) is 15.2. The van der Waals surface area contributed by atoms with Gasteiger partial charge >= 0.3 is 0 Å². The predicted octanol–water partition coefficient (Wildman–Crippen LogP) is 3.57. The number of benzene rings is 2. The van der Waals surface area contributed by atoms with E-state index in [1.807, 2.05) is 31.2 Å². The molecule has 0 radical (unpaired) electrons. The van der Waals surface area contributed by atoms with Crippen LogP contribution >= 0.6 is 0 Å². The van der Waals surface area contributed by atoms with E-state index in [1.165, 1.54) is 12.1 Å². The number of carbonyl (C=O) groups excluding carboxylic acids is 1. The van der Waals surface area contributed by atoms with Crippen molar-refractivity contribution in [3.8, 4) is 11.1 Å². The van der Waals surface area contributed by atoms with Crippen molar-refractivity contribution in [3.63, 3.8) is 0 Å². The Morgan fingerprint density at radius 2 is 1.94 bits per heavy atom. The predicted molar refractivity (Wildman–Crippen MR) is 134 cm³/mol. The average Bonchev–Trinajstić information content (AvgIpc) is 3.36. The number of nitrogens with zero attached hydrogens (tertiary/aromatic N) is 1. The molecule has 180 valence electrons. The summed E-state index contributed by atoms with van der Waals surface area (Å²) in [5, 5.41) is 20.3. The van der Waals surface area contributed by atoms with Crippen LogP contribution in [0.2, 0.25) is 0 Å². The molecule has 34 heavy (non-hydrogen) atoms. The molecule has 2 aliphatic rings. The van der Waals surface area contributed by atoms with Crippen LogP contribution in [0.1, 0.15) is 26.3 Å². The van der Waals surface area contributed by atoms with Gasteiger partial charge in [0.2, 0.25) is 0 Å². The normalized spacial score (nSPS) is 19.5. The van der Waals surface area contributed by atoms with Gasteiger partial charge in [0.05, 0.1) is 5.57 Å². The van der Waals surface area contributed by atoms with Crippen LogP contribution in [0.15, 0.2) is 59.8 Å². The van der Waals surface area contributed by atoms with Crippen molar-refractivity contribution in [1.29, 1.82) is 0 Å². The van der Waals surface area contributed by atoms with Crippen LogP contribution in [-0.4, -0.2) is 54.9 Å². The molecule has 0 aliphatic carbocycles. The minimum absolute atomic E-state index is 0.0835. The Labute approximate surface area is 200 Å². The van der Waals surface area contributed by atoms with E-state index < -0.39 is 6.23 Å². The zero-order chi connectivity index (χ0) is 24.2. The number of carbonyl (C=O) groups is 1. The standard InChI is InChI=1S/C27H33FN4O2/c1-4-32(5-2)14-13-29-26(33)22-16-30-24(17(22)3)15-21-25-20(18-9-11-19(28)12-10-18)7-6-8-23(25)31-27(21)34/h6-12,15,22,26,29-30,33H,4-5,13-14,16H2,1-3H3,(H,31,34)/b21-15-. The molecule has 6 nitrogen and oxygen atoms in total. The molecule has 7 heteroatoms. The number of hydrogen-bond acceptors (Lipinski definition) is 5. The molecule has 0 saturated heterocycles. The molecule has 0 saturated carbocycles. The second-order valence-corrected chi connectivity index (χ2v) is 8.76. The third-order valence-electron chi connectivity index (χ3n) is 6.82. The monoisotopic (exact) mass is 464 g/mol. The van der Waals surface area contributed by atoms with Gasteiger partial charge in [0, 0.05) is 42.5 Å². The Morgan fingerprint density at radius 3 is 2.65 bits per heavy atom. The second-order valence-electron chi connectivity index (χ2n) is 8.76. The fraction of sp³-hybridized carbons (Fsp3) is 0.370. The number of aliphatic hydroxyl groups excluding tert-OH is 1. The summed E-state index contributed by atoms with van der Waals surface area (Å²) in [5.74, 6) is -0.555. The van der Waals surface area contributed by atoms with Crippen LogP contribution in [0.25, 0.3) is 16.7 Å². The van der Waals surface area contributed by atoms with E-state index in [0.717, 1.165) is 53.3 Å². The topological polar surface area (TPSA) is 76.6 Å². The highest BCUT2D eigenvalue weighted by Gasteiger charge is 2.31. The molecule has 0 spiro atoms. The first-order chi connectivity index (χ1) is 16.4. The molecule has 1 amide bonds. The van der Waals surface area contributed by atoms with Crippen molar-refractivity contribution in [2.45, 2.75) is 27.0 Å². The van der Waals surface area contributed by atoms with Crippen molar-refractivity contribution in [3.05, 3.63) is 71.2 Å². The Hall–Kier alpha value is -3.00. The zero-order valence-corrected chi connectivity index (χ0v) is 20.0. The number of amides is 1. The lowest BCUT2D eigenvalue weighted by Crippen LogP contribution is -2.42. The van der Waals surface area contributed by atoms with Crippen LogP contribution < -0.4 is 16.0 Å². The molecule has 2 unspecified atom stereocenters. The second kappa shape index (κ2) is 10.5. The number of fused-ring (bicyclic) bond motifs is 1. The first-order valence-corrected chi connectivity index (χ1v) is 11.9. The summed E-state index contributed by atoms with van der Waals surface area (Å²) in [6.07, 6.45) is 1.20. The number of anilines is 1. The molecular weight excluding hydrogens is 431 g/mol. The van der Waals surface area contributed by atoms with Gasteiger partial charge in [0.15, 0.2) is 0 Å². The SMILES string of the molecule is CCN(CC)CCNC(O)C1CNC(/C=C2\C(=O)Nc3cccc(-c4ccc(F)cc4)c32)=C1C. The van der Waals surface area contributed by atoms with Gasteiger partial charge in [-0.2, -0.15) is 0 Å². The van der Waals surface area contributed by atoms with Crippen molar-refractivity contribution in [2.24, 2.45) is 5.92 Å². The maximum atomic E-state index is 13.5. The van der Waals surface area contributed by atoms with Gasteiger partial charge in [0.25, 0.3) is 5.91 Å². The van der Waals surface area contributed by atoms with Crippen molar-refractivity contribution in [2.75, 3.05) is 38.0 Å². The van der Waals surface area contributed by atoms with Crippen LogP contribution in [0, 0.1) is 11.7 Å². The molecule has 0 aromatic heterocycles. The van der Waals surface area contributed by atoms with E-state index in [9.17, 15) is 14.3 Å². The lowest BCUT2D eigenvalue weighted by atomic mass is 9.93. The maximum absolute atomic E-state index is 13.5. The number of likely N-dealkylation sites (N-methyl/N-ethyl adjacent to an activating group) is 1. The molecule has 2 aliphatic heterocycles. The number of allylic oxidation sites excluding steroid dienone is 1. The lowest BCUT2D eigenvalue weighted by molar-refractivity contribution is -0.110. The third-order valence-corrected chi connectivity index (χ3v) is 6.82. The van der Waals surface area contributed by atoms with Gasteiger partial charge in [-0.15, -0.1) is 0 Å². The highest BCUT2D eigenvalue weighted by Crippen LogP contribution is 2.40. The molecule has 2 atom stereocenters. The van der Waals surface area contributed by atoms with E-state index in [-0.39, 0.29) is 17.6 Å². The summed E-state index contributed by atoms with van der Waals surface area (Å²) < 4.78 is 13.5. The number of hydrogen-bond donors (Lipinski definition) is 4. The summed E-state index contributed by atoms with van der Waals surface area (Å²) >= 11 is 0. The summed E-state index contributed by atoms with van der Waals surface area (Å²) in [6, 6.07) is 12.0. The minimum Gasteiger partial charge on any atom is -0.384 e. The van der Waals surface area contributed by atoms with Crippen molar-refractivity contribution in [1.82, 2.24) is 15.5 Å². The smallest absolute Gasteiger partial charge is 0.256 e. The summed E-state index contributed by atoms with van der Waals surface area (Å²) in [5.41, 5.74) is 5.68. The van der Waals surface area contributed by atoms with Crippen LogP contribution in [0.5, 0.6) is 0 Å². The van der Waals surface area contributed by atoms with Gasteiger partial charge < -0.3 is 20.6 Å². The van der Waals surface area contributed by atoms with E-state index in [1.54, 1.807) is 12.1 Å². The minimum atomic E-state index is -0.668. The van der Waals surface area contributed by atoms with Gasteiger partial charge in [-0.1, -0.05) is 38.1 Å². The quantitative estimate of drug-likeness (QED) is 0.337.